The lowest BCUT2D eigenvalue weighted by atomic mass is 10.4. The molecule has 0 amide bonds. The van der Waals surface area contributed by atoms with Crippen molar-refractivity contribution in [3.63, 3.8) is 0 Å². The number of nitrogens with one attached hydrogen (secondary N) is 1. The molecule has 0 spiro atoms. The normalized spacial score (nSPS) is 11.4. The third kappa shape index (κ3) is 3.87. The molecule has 0 aromatic carbocycles. The summed E-state index contributed by atoms with van der Waals surface area (Å²) in [6, 6.07) is 3.25. The van der Waals surface area contributed by atoms with E-state index in [1.807, 2.05) is 0 Å². The van der Waals surface area contributed by atoms with Crippen LogP contribution in [0, 0.1) is 0 Å². The molecule has 6 heteroatoms. The molecule has 2 nitrogen and oxygen atoms in total. The van der Waals surface area contributed by atoms with E-state index in [1.165, 1.54) is 15.4 Å². The molecule has 1 atom stereocenters. The average molecular weight is 222 g/mol. The van der Waals surface area contributed by atoms with Gasteiger partial charge >= 0.3 is 5.00 Å². The lowest BCUT2D eigenvalue weighted by Gasteiger charge is -2.08. The maximum Gasteiger partial charge on any atom is 0.309 e. The quantitative estimate of drug-likeness (QED) is 0.628. The van der Waals surface area contributed by atoms with Gasteiger partial charge in [0, 0.05) is 7.05 Å². The van der Waals surface area contributed by atoms with Crippen molar-refractivity contribution in [1.82, 2.24) is 4.98 Å². The molecule has 0 radical (unpaired) electrons. The van der Waals surface area contributed by atoms with E-state index in [-0.39, 0.29) is 0 Å². The first-order chi connectivity index (χ1) is 6.01. The van der Waals surface area contributed by atoms with Crippen LogP contribution in [0.15, 0.2) is 23.4 Å². The Morgan fingerprint density at radius 1 is 1.54 bits per heavy atom. The SMILES string of the molecule is CNc1ccc(SC(F)(F)P)nc1. The van der Waals surface area contributed by atoms with Crippen molar-refractivity contribution in [2.24, 2.45) is 0 Å². The molecule has 1 aromatic rings. The van der Waals surface area contributed by atoms with Gasteiger partial charge in [-0.1, -0.05) is 0 Å². The van der Waals surface area contributed by atoms with E-state index in [9.17, 15) is 8.78 Å². The summed E-state index contributed by atoms with van der Waals surface area (Å²) in [7, 11) is 3.21. The van der Waals surface area contributed by atoms with Crippen molar-refractivity contribution < 1.29 is 8.78 Å². The highest BCUT2D eigenvalue weighted by Crippen LogP contribution is 2.39. The van der Waals surface area contributed by atoms with Crippen molar-refractivity contribution in [2.45, 2.75) is 10.0 Å². The van der Waals surface area contributed by atoms with Gasteiger partial charge in [-0.3, -0.25) is 0 Å². The molecule has 1 N–H and O–H groups in total. The van der Waals surface area contributed by atoms with Crippen LogP contribution in [0.3, 0.4) is 0 Å². The van der Waals surface area contributed by atoms with E-state index in [0.717, 1.165) is 5.69 Å². The van der Waals surface area contributed by atoms with Crippen molar-refractivity contribution in [2.75, 3.05) is 12.4 Å². The van der Waals surface area contributed by atoms with Gasteiger partial charge in [0.05, 0.1) is 11.9 Å². The van der Waals surface area contributed by atoms with Crippen LogP contribution in [-0.2, 0) is 0 Å². The predicted molar refractivity (Wildman–Crippen MR) is 54.3 cm³/mol. The fourth-order valence-electron chi connectivity index (χ4n) is 0.728. The van der Waals surface area contributed by atoms with Gasteiger partial charge in [-0.25, -0.2) is 4.98 Å². The average Bonchev–Trinajstić information content (AvgIpc) is 2.03. The molecule has 1 heterocycles. The second-order valence-corrected chi connectivity index (χ2v) is 4.61. The Labute approximate surface area is 81.7 Å². The molecule has 0 aliphatic carbocycles. The molecule has 0 bridgehead atoms. The second-order valence-electron chi connectivity index (χ2n) is 2.30. The zero-order valence-electron chi connectivity index (χ0n) is 6.92. The monoisotopic (exact) mass is 222 g/mol. The van der Waals surface area contributed by atoms with E-state index in [2.05, 4.69) is 10.3 Å². The Morgan fingerprint density at radius 3 is 2.62 bits per heavy atom. The van der Waals surface area contributed by atoms with E-state index in [1.54, 1.807) is 19.2 Å². The van der Waals surface area contributed by atoms with Gasteiger partial charge in [0.2, 0.25) is 0 Å². The topological polar surface area (TPSA) is 24.9 Å². The van der Waals surface area contributed by atoms with Gasteiger partial charge < -0.3 is 5.32 Å². The summed E-state index contributed by atoms with van der Waals surface area (Å²) in [6.45, 7) is 0. The molecule has 0 fully saturated rings. The highest BCUT2D eigenvalue weighted by molar-refractivity contribution is 8.03. The van der Waals surface area contributed by atoms with Crippen LogP contribution in [0.4, 0.5) is 14.5 Å². The number of anilines is 1. The van der Waals surface area contributed by atoms with Crippen molar-refractivity contribution in [1.29, 1.82) is 0 Å². The first-order valence-electron chi connectivity index (χ1n) is 3.51. The molecule has 0 saturated carbocycles. The van der Waals surface area contributed by atoms with Gasteiger partial charge in [-0.05, 0) is 33.1 Å². The van der Waals surface area contributed by atoms with Crippen molar-refractivity contribution >= 4 is 26.7 Å². The smallest absolute Gasteiger partial charge is 0.309 e. The Morgan fingerprint density at radius 2 is 2.23 bits per heavy atom. The van der Waals surface area contributed by atoms with Crippen LogP contribution in [0.1, 0.15) is 0 Å². The van der Waals surface area contributed by atoms with Crippen LogP contribution in [-0.4, -0.2) is 17.0 Å². The Bertz CT molecular complexity index is 273. The van der Waals surface area contributed by atoms with Gasteiger partial charge in [-0.2, -0.15) is 8.78 Å². The van der Waals surface area contributed by atoms with Crippen LogP contribution in [0.25, 0.3) is 0 Å². The van der Waals surface area contributed by atoms with Crippen LogP contribution >= 0.6 is 21.0 Å². The first kappa shape index (κ1) is 10.7. The first-order valence-corrected chi connectivity index (χ1v) is 4.90. The molecule has 1 rings (SSSR count). The molecule has 72 valence electrons. The van der Waals surface area contributed by atoms with E-state index < -0.39 is 5.00 Å². The minimum atomic E-state index is -2.85. The summed E-state index contributed by atoms with van der Waals surface area (Å²) in [5.74, 6) is 0. The number of pyridine rings is 1. The number of thioether (sulfide) groups is 1. The maximum atomic E-state index is 12.5. The fourth-order valence-corrected chi connectivity index (χ4v) is 1.61. The van der Waals surface area contributed by atoms with Crippen LogP contribution in [0.5, 0.6) is 0 Å². The van der Waals surface area contributed by atoms with E-state index >= 15 is 0 Å². The van der Waals surface area contributed by atoms with Gasteiger partial charge in [0.25, 0.3) is 0 Å². The Balaban J connectivity index is 2.70. The molecular weight excluding hydrogens is 213 g/mol. The second kappa shape index (κ2) is 4.20. The largest absolute Gasteiger partial charge is 0.387 e. The molecular formula is C7H9F2N2PS. The third-order valence-electron chi connectivity index (χ3n) is 1.27. The molecule has 0 aliphatic rings. The summed E-state index contributed by atoms with van der Waals surface area (Å²) in [4.78, 5) is 0.989. The maximum absolute atomic E-state index is 12.5. The molecule has 1 unspecified atom stereocenters. The number of alkyl halides is 2. The Hall–Kier alpha value is -0.410. The van der Waals surface area contributed by atoms with Crippen LogP contribution < -0.4 is 5.32 Å². The summed E-state index contributed by atoms with van der Waals surface area (Å²) in [5, 5.41) is 3.16. The number of aromatic nitrogens is 1. The summed E-state index contributed by atoms with van der Waals surface area (Å²) in [6.07, 6.45) is 1.51. The fraction of sp³-hybridized carbons (Fsp3) is 0.286. The summed E-state index contributed by atoms with van der Waals surface area (Å²) >= 11 is 0.411. The number of halogens is 2. The Kier molecular flexibility index (Phi) is 3.45. The predicted octanol–water partition coefficient (Wildman–Crippen LogP) is 2.64. The molecule has 0 aliphatic heterocycles. The van der Waals surface area contributed by atoms with Gasteiger partial charge in [0.1, 0.15) is 5.03 Å². The van der Waals surface area contributed by atoms with Crippen molar-refractivity contribution in [3.8, 4) is 0 Å². The minimum absolute atomic E-state index is 0.305. The highest BCUT2D eigenvalue weighted by atomic mass is 32.2. The zero-order chi connectivity index (χ0) is 9.90. The van der Waals surface area contributed by atoms with Crippen LogP contribution in [0.2, 0.25) is 0 Å². The minimum Gasteiger partial charge on any atom is -0.387 e. The third-order valence-corrected chi connectivity index (χ3v) is 2.34. The lowest BCUT2D eigenvalue weighted by molar-refractivity contribution is 0.211. The molecule has 0 saturated heterocycles. The lowest BCUT2D eigenvalue weighted by Crippen LogP contribution is -1.97. The standard InChI is InChI=1S/C7H9F2N2PS/c1-10-5-2-3-6(11-4-5)13-7(8,9)12/h2-4,10H,12H2,1H3. The number of hydrogen-bond acceptors (Lipinski definition) is 3. The number of rotatable bonds is 3. The summed E-state index contributed by atoms with van der Waals surface area (Å²) < 4.78 is 24.9. The number of hydrogen-bond donors (Lipinski definition) is 1. The van der Waals surface area contributed by atoms with Crippen molar-refractivity contribution in [3.05, 3.63) is 18.3 Å². The molecule has 13 heavy (non-hydrogen) atoms. The zero-order valence-corrected chi connectivity index (χ0v) is 8.89. The number of nitrogens with zero attached hydrogens (tertiary/aromatic N) is 1. The highest BCUT2D eigenvalue weighted by Gasteiger charge is 2.23. The van der Waals surface area contributed by atoms with E-state index in [0.29, 0.717) is 16.8 Å². The summed E-state index contributed by atoms with van der Waals surface area (Å²) in [5.41, 5.74) is 0.802. The van der Waals surface area contributed by atoms with Gasteiger partial charge in [-0.15, -0.1) is 0 Å². The van der Waals surface area contributed by atoms with E-state index in [4.69, 9.17) is 0 Å². The molecule has 1 aromatic heterocycles. The van der Waals surface area contributed by atoms with Gasteiger partial charge in [0.15, 0.2) is 0 Å².